The predicted molar refractivity (Wildman–Crippen MR) is 128 cm³/mol. The number of nitrogens with zero attached hydrogens (tertiary/aromatic N) is 2. The molecular formula is C27H31N3O3. The molecule has 33 heavy (non-hydrogen) atoms. The van der Waals surface area contributed by atoms with Gasteiger partial charge in [-0.25, -0.2) is 0 Å². The molecule has 2 aromatic carbocycles. The van der Waals surface area contributed by atoms with Crippen molar-refractivity contribution in [2.75, 3.05) is 33.4 Å². The maximum absolute atomic E-state index is 13.9. The van der Waals surface area contributed by atoms with E-state index in [2.05, 4.69) is 42.2 Å². The van der Waals surface area contributed by atoms with Crippen molar-refractivity contribution >= 4 is 22.7 Å². The topological polar surface area (TPSA) is 65.6 Å². The highest BCUT2D eigenvalue weighted by Gasteiger charge is 2.56. The van der Waals surface area contributed by atoms with E-state index in [1.54, 1.807) is 16.9 Å². The Kier molecular flexibility index (Phi) is 5.49. The molecule has 2 aliphatic rings. The van der Waals surface area contributed by atoms with Gasteiger partial charge in [-0.15, -0.1) is 0 Å². The quantitative estimate of drug-likeness (QED) is 0.587. The van der Waals surface area contributed by atoms with Crippen LogP contribution in [-0.4, -0.2) is 59.9 Å². The Morgan fingerprint density at radius 2 is 1.88 bits per heavy atom. The zero-order valence-corrected chi connectivity index (χ0v) is 19.6. The van der Waals surface area contributed by atoms with E-state index in [9.17, 15) is 9.59 Å². The number of amides is 2. The summed E-state index contributed by atoms with van der Waals surface area (Å²) in [6.07, 6.45) is 1.69. The molecule has 2 aliphatic heterocycles. The van der Waals surface area contributed by atoms with E-state index in [4.69, 9.17) is 4.74 Å². The fourth-order valence-electron chi connectivity index (χ4n) is 5.54. The van der Waals surface area contributed by atoms with Crippen molar-refractivity contribution in [3.63, 3.8) is 0 Å². The summed E-state index contributed by atoms with van der Waals surface area (Å²) in [7, 11) is 1.65. The van der Waals surface area contributed by atoms with Crippen molar-refractivity contribution < 1.29 is 14.3 Å². The first-order chi connectivity index (χ1) is 16.0. The number of benzene rings is 2. The van der Waals surface area contributed by atoms with Crippen LogP contribution in [0.25, 0.3) is 10.9 Å². The lowest BCUT2D eigenvalue weighted by Gasteiger charge is -2.51. The Morgan fingerprint density at radius 1 is 1.12 bits per heavy atom. The third-order valence-electron chi connectivity index (χ3n) is 7.38. The minimum absolute atomic E-state index is 0.00555. The van der Waals surface area contributed by atoms with Crippen molar-refractivity contribution in [2.24, 2.45) is 0 Å². The van der Waals surface area contributed by atoms with Crippen LogP contribution in [0, 0.1) is 0 Å². The molecule has 0 radical (unpaired) electrons. The zero-order valence-electron chi connectivity index (χ0n) is 19.6. The SMILES string of the molecule is CCc1ccc(C2CN3C(=O)CN(CCCOC)C(=O)[C@]3(C)c3[nH]c4ccccc4c32)cc1. The van der Waals surface area contributed by atoms with Crippen molar-refractivity contribution in [3.8, 4) is 0 Å². The van der Waals surface area contributed by atoms with Gasteiger partial charge in [0.1, 0.15) is 0 Å². The van der Waals surface area contributed by atoms with Gasteiger partial charge in [-0.2, -0.15) is 0 Å². The minimum Gasteiger partial charge on any atom is -0.385 e. The van der Waals surface area contributed by atoms with Crippen molar-refractivity contribution in [3.05, 3.63) is 70.9 Å². The van der Waals surface area contributed by atoms with Crippen LogP contribution in [0.15, 0.2) is 48.5 Å². The van der Waals surface area contributed by atoms with Crippen molar-refractivity contribution in [1.82, 2.24) is 14.8 Å². The van der Waals surface area contributed by atoms with Crippen molar-refractivity contribution in [2.45, 2.75) is 38.1 Å². The minimum atomic E-state index is -1.05. The number of methoxy groups -OCH3 is 1. The fourth-order valence-corrected chi connectivity index (χ4v) is 5.54. The van der Waals surface area contributed by atoms with Crippen LogP contribution in [0.1, 0.15) is 48.6 Å². The van der Waals surface area contributed by atoms with Crippen LogP contribution in [-0.2, 0) is 26.3 Å². The molecule has 172 valence electrons. The van der Waals surface area contributed by atoms with Gasteiger partial charge in [0.2, 0.25) is 5.91 Å². The second-order valence-electron chi connectivity index (χ2n) is 9.26. The van der Waals surface area contributed by atoms with Gasteiger partial charge in [0.05, 0.1) is 12.2 Å². The number of ether oxygens (including phenoxy) is 1. The first kappa shape index (κ1) is 21.7. The molecule has 6 heteroatoms. The number of aromatic nitrogens is 1. The molecule has 3 aromatic rings. The Morgan fingerprint density at radius 3 is 2.61 bits per heavy atom. The average Bonchev–Trinajstić information content (AvgIpc) is 3.23. The van der Waals surface area contributed by atoms with Gasteiger partial charge < -0.3 is 19.5 Å². The Labute approximate surface area is 194 Å². The number of para-hydroxylation sites is 1. The largest absolute Gasteiger partial charge is 0.385 e. The lowest BCUT2D eigenvalue weighted by atomic mass is 9.76. The number of aromatic amines is 1. The van der Waals surface area contributed by atoms with E-state index in [-0.39, 0.29) is 24.3 Å². The van der Waals surface area contributed by atoms with Gasteiger partial charge in [0, 0.05) is 43.6 Å². The summed E-state index contributed by atoms with van der Waals surface area (Å²) in [5.41, 5.74) is 4.38. The number of fused-ring (bicyclic) bond motifs is 5. The predicted octanol–water partition coefficient (Wildman–Crippen LogP) is 3.80. The van der Waals surface area contributed by atoms with Crippen LogP contribution < -0.4 is 0 Å². The van der Waals surface area contributed by atoms with E-state index in [1.165, 1.54) is 11.1 Å². The summed E-state index contributed by atoms with van der Waals surface area (Å²) < 4.78 is 5.16. The number of rotatable bonds is 6. The van der Waals surface area contributed by atoms with Crippen LogP contribution in [0.3, 0.4) is 0 Å². The van der Waals surface area contributed by atoms with Crippen LogP contribution in [0.4, 0.5) is 0 Å². The molecule has 1 unspecified atom stereocenters. The summed E-state index contributed by atoms with van der Waals surface area (Å²) in [5, 5.41) is 1.12. The molecule has 2 amide bonds. The first-order valence-electron chi connectivity index (χ1n) is 11.8. The third-order valence-corrected chi connectivity index (χ3v) is 7.38. The number of H-pyrrole nitrogens is 1. The average molecular weight is 446 g/mol. The molecule has 1 saturated heterocycles. The van der Waals surface area contributed by atoms with E-state index in [0.29, 0.717) is 26.1 Å². The fraction of sp³-hybridized carbons (Fsp3) is 0.407. The Bertz CT molecular complexity index is 1200. The molecule has 2 atom stereocenters. The maximum atomic E-state index is 13.9. The maximum Gasteiger partial charge on any atom is 0.254 e. The van der Waals surface area contributed by atoms with Gasteiger partial charge in [-0.05, 0) is 42.5 Å². The summed E-state index contributed by atoms with van der Waals surface area (Å²) in [6.45, 7) is 5.74. The molecule has 1 aromatic heterocycles. The van der Waals surface area contributed by atoms with Gasteiger partial charge >= 0.3 is 0 Å². The molecule has 0 spiro atoms. The highest BCUT2D eigenvalue weighted by atomic mass is 16.5. The Hall–Kier alpha value is -3.12. The molecule has 1 N–H and O–H groups in total. The number of carbonyl (C=O) groups excluding carboxylic acids is 2. The Balaban J connectivity index is 1.65. The van der Waals surface area contributed by atoms with E-state index < -0.39 is 5.54 Å². The molecule has 3 heterocycles. The smallest absolute Gasteiger partial charge is 0.254 e. The second kappa shape index (κ2) is 8.34. The van der Waals surface area contributed by atoms with Gasteiger partial charge in [-0.1, -0.05) is 49.4 Å². The first-order valence-corrected chi connectivity index (χ1v) is 11.8. The van der Waals surface area contributed by atoms with E-state index >= 15 is 0 Å². The third kappa shape index (κ3) is 3.35. The van der Waals surface area contributed by atoms with Gasteiger partial charge in [-0.3, -0.25) is 9.59 Å². The monoisotopic (exact) mass is 445 g/mol. The zero-order chi connectivity index (χ0) is 23.2. The van der Waals surface area contributed by atoms with E-state index in [1.807, 2.05) is 25.1 Å². The second-order valence-corrected chi connectivity index (χ2v) is 9.26. The number of hydrogen-bond acceptors (Lipinski definition) is 3. The molecule has 6 nitrogen and oxygen atoms in total. The normalized spacial score (nSPS) is 22.6. The summed E-state index contributed by atoms with van der Waals surface area (Å²) in [5.74, 6) is -0.0216. The number of carbonyl (C=O) groups is 2. The number of hydrogen-bond donors (Lipinski definition) is 1. The molecule has 0 saturated carbocycles. The molecule has 1 fully saturated rings. The summed E-state index contributed by atoms with van der Waals surface area (Å²) in [4.78, 5) is 34.3. The van der Waals surface area contributed by atoms with Crippen LogP contribution in [0.2, 0.25) is 0 Å². The molecule has 0 aliphatic carbocycles. The van der Waals surface area contributed by atoms with Crippen LogP contribution >= 0.6 is 0 Å². The number of aryl methyl sites for hydroxylation is 1. The summed E-state index contributed by atoms with van der Waals surface area (Å²) in [6, 6.07) is 16.9. The number of nitrogens with one attached hydrogen (secondary N) is 1. The van der Waals surface area contributed by atoms with Gasteiger partial charge in [0.25, 0.3) is 5.91 Å². The molecular weight excluding hydrogens is 414 g/mol. The van der Waals surface area contributed by atoms with Crippen molar-refractivity contribution in [1.29, 1.82) is 0 Å². The lowest BCUT2D eigenvalue weighted by Crippen LogP contribution is -2.67. The van der Waals surface area contributed by atoms with Crippen LogP contribution in [0.5, 0.6) is 0 Å². The summed E-state index contributed by atoms with van der Waals surface area (Å²) >= 11 is 0. The number of piperazine rings is 1. The highest BCUT2D eigenvalue weighted by molar-refractivity contribution is 6.01. The molecule has 5 rings (SSSR count). The van der Waals surface area contributed by atoms with E-state index in [0.717, 1.165) is 28.6 Å². The highest BCUT2D eigenvalue weighted by Crippen LogP contribution is 2.48. The lowest BCUT2D eigenvalue weighted by molar-refractivity contribution is -0.166. The molecule has 0 bridgehead atoms. The standard InChI is InChI=1S/C27H31N3O3/c1-4-18-10-12-19(13-11-18)21-16-30-23(31)17-29(14-7-15-33-3)26(32)27(30,2)25-24(21)20-8-5-6-9-22(20)28-25/h5-6,8-13,21,28H,4,7,14-17H2,1-3H3/t21?,27-/m0/s1. The van der Waals surface area contributed by atoms with Gasteiger partial charge in [0.15, 0.2) is 5.54 Å².